The molecular formula is C33H47N5O7S. The number of nitrogens with zero attached hydrogens (tertiary/aromatic N) is 2. The molecule has 0 aliphatic carbocycles. The first-order valence-corrected chi connectivity index (χ1v) is 16.4. The van der Waals surface area contributed by atoms with E-state index in [1.165, 1.54) is 30.0 Å². The molecule has 13 heteroatoms. The molecule has 46 heavy (non-hydrogen) atoms. The molecule has 252 valence electrons. The van der Waals surface area contributed by atoms with Crippen molar-refractivity contribution >= 4 is 33.4 Å². The number of likely N-dealkylation sites (N-methyl/N-ethyl adjacent to an activating group) is 2. The van der Waals surface area contributed by atoms with Crippen molar-refractivity contribution in [3.63, 3.8) is 0 Å². The molecule has 0 aliphatic heterocycles. The topological polar surface area (TPSA) is 168 Å². The number of carbonyl (C=O) groups is 3. The van der Waals surface area contributed by atoms with Crippen molar-refractivity contribution in [2.24, 2.45) is 11.3 Å². The summed E-state index contributed by atoms with van der Waals surface area (Å²) < 4.78 is 27.7. The van der Waals surface area contributed by atoms with E-state index in [1.54, 1.807) is 14.1 Å². The van der Waals surface area contributed by atoms with E-state index < -0.39 is 66.3 Å². The maximum atomic E-state index is 14.1. The maximum absolute atomic E-state index is 14.1. The minimum Gasteiger partial charge on any atom is -0.342 e. The molecule has 2 aromatic rings. The summed E-state index contributed by atoms with van der Waals surface area (Å²) in [6.07, 6.45) is 1.48. The molecule has 0 saturated heterocycles. The number of sulfonamides is 1. The molecule has 0 spiro atoms. The van der Waals surface area contributed by atoms with Gasteiger partial charge in [0.05, 0.1) is 17.0 Å². The molecule has 0 unspecified atom stereocenters. The summed E-state index contributed by atoms with van der Waals surface area (Å²) >= 11 is 0. The molecule has 3 atom stereocenters. The standard InChI is InChI=1S/C33H47N5O7S/c1-21(2)25(20-22(3)29(39)36-46(44,45)26-19-15-14-18-24(26)38(42)43)37(10)31(41)28(32(4,5)6)35-30(40)27(34-9)33(7,8)23-16-12-11-13-17-23/h11-21,25,27-28,34H,1-10H3,(H,35,40)(H,36,39)/b22-20+/t25-,27-,28-/m1/s1. The lowest BCUT2D eigenvalue weighted by molar-refractivity contribution is -0.387. The van der Waals surface area contributed by atoms with E-state index in [0.717, 1.165) is 17.7 Å². The first kappa shape index (κ1) is 38.1. The average molecular weight is 658 g/mol. The molecule has 0 fully saturated rings. The predicted molar refractivity (Wildman–Crippen MR) is 177 cm³/mol. The summed E-state index contributed by atoms with van der Waals surface area (Å²) in [6, 6.07) is 12.0. The number of hydrogen-bond acceptors (Lipinski definition) is 8. The van der Waals surface area contributed by atoms with Crippen LogP contribution in [0.1, 0.15) is 61.0 Å². The number of hydrogen-bond donors (Lipinski definition) is 3. The molecule has 0 saturated carbocycles. The van der Waals surface area contributed by atoms with Crippen molar-refractivity contribution in [3.05, 3.63) is 81.9 Å². The maximum Gasteiger partial charge on any atom is 0.289 e. The largest absolute Gasteiger partial charge is 0.342 e. The van der Waals surface area contributed by atoms with E-state index in [4.69, 9.17) is 0 Å². The lowest BCUT2D eigenvalue weighted by atomic mass is 9.76. The lowest BCUT2D eigenvalue weighted by Gasteiger charge is -2.40. The van der Waals surface area contributed by atoms with Gasteiger partial charge in [-0.15, -0.1) is 0 Å². The summed E-state index contributed by atoms with van der Waals surface area (Å²) in [7, 11) is -1.32. The van der Waals surface area contributed by atoms with Gasteiger partial charge < -0.3 is 15.5 Å². The second-order valence-electron chi connectivity index (χ2n) is 13.3. The van der Waals surface area contributed by atoms with Gasteiger partial charge in [0.25, 0.3) is 21.6 Å². The highest BCUT2D eigenvalue weighted by Gasteiger charge is 2.41. The second-order valence-corrected chi connectivity index (χ2v) is 15.0. The third-order valence-corrected chi connectivity index (χ3v) is 9.40. The molecular weight excluding hydrogens is 610 g/mol. The van der Waals surface area contributed by atoms with Crippen LogP contribution in [0.5, 0.6) is 0 Å². The van der Waals surface area contributed by atoms with Crippen LogP contribution in [0, 0.1) is 21.4 Å². The monoisotopic (exact) mass is 657 g/mol. The normalized spacial score (nSPS) is 14.6. The molecule has 3 amide bonds. The van der Waals surface area contributed by atoms with Gasteiger partial charge in [-0.3, -0.25) is 24.5 Å². The third kappa shape index (κ3) is 9.00. The fourth-order valence-corrected chi connectivity index (χ4v) is 6.45. The molecule has 0 radical (unpaired) electrons. The number of nitrogens with one attached hydrogen (secondary N) is 3. The first-order chi connectivity index (χ1) is 21.2. The molecule has 0 heterocycles. The average Bonchev–Trinajstić information content (AvgIpc) is 2.97. The van der Waals surface area contributed by atoms with Crippen LogP contribution in [0.15, 0.2) is 71.1 Å². The Morgan fingerprint density at radius 1 is 0.935 bits per heavy atom. The Morgan fingerprint density at radius 2 is 1.48 bits per heavy atom. The lowest BCUT2D eigenvalue weighted by Crippen LogP contribution is -2.61. The van der Waals surface area contributed by atoms with Gasteiger partial charge in [0.1, 0.15) is 6.04 Å². The van der Waals surface area contributed by atoms with Crippen LogP contribution in [0.3, 0.4) is 0 Å². The van der Waals surface area contributed by atoms with Gasteiger partial charge >= 0.3 is 0 Å². The van der Waals surface area contributed by atoms with Gasteiger partial charge in [0.2, 0.25) is 11.8 Å². The Morgan fingerprint density at radius 3 is 1.98 bits per heavy atom. The summed E-state index contributed by atoms with van der Waals surface area (Å²) in [4.78, 5) is 52.2. The Kier molecular flexibility index (Phi) is 12.4. The van der Waals surface area contributed by atoms with E-state index in [-0.39, 0.29) is 17.4 Å². The number of nitro benzene ring substituents is 1. The van der Waals surface area contributed by atoms with Crippen LogP contribution in [-0.4, -0.2) is 68.2 Å². The molecule has 0 aromatic heterocycles. The smallest absolute Gasteiger partial charge is 0.289 e. The Balaban J connectivity index is 2.36. The minimum atomic E-state index is -4.58. The van der Waals surface area contributed by atoms with E-state index in [0.29, 0.717) is 0 Å². The number of rotatable bonds is 13. The Bertz CT molecular complexity index is 1560. The minimum absolute atomic E-state index is 0.0169. The summed E-state index contributed by atoms with van der Waals surface area (Å²) in [5.41, 5.74) is -1.06. The van der Waals surface area contributed by atoms with Crippen molar-refractivity contribution in [2.75, 3.05) is 14.1 Å². The van der Waals surface area contributed by atoms with Crippen molar-refractivity contribution in [2.45, 2.75) is 83.8 Å². The molecule has 3 N–H and O–H groups in total. The highest BCUT2D eigenvalue weighted by atomic mass is 32.2. The molecule has 2 rings (SSSR count). The van der Waals surface area contributed by atoms with Gasteiger partial charge in [0, 0.05) is 24.1 Å². The van der Waals surface area contributed by atoms with E-state index >= 15 is 0 Å². The van der Waals surface area contributed by atoms with Gasteiger partial charge in [-0.1, -0.05) is 97.0 Å². The molecule has 12 nitrogen and oxygen atoms in total. The van der Waals surface area contributed by atoms with Gasteiger partial charge in [-0.25, -0.2) is 13.1 Å². The Hall–Kier alpha value is -4.10. The van der Waals surface area contributed by atoms with E-state index in [2.05, 4.69) is 10.6 Å². The molecule has 0 bridgehead atoms. The second kappa shape index (κ2) is 15.0. The highest BCUT2D eigenvalue weighted by Crippen LogP contribution is 2.29. The number of amides is 3. The van der Waals surface area contributed by atoms with Crippen molar-refractivity contribution < 1.29 is 27.7 Å². The van der Waals surface area contributed by atoms with Crippen LogP contribution in [0.25, 0.3) is 0 Å². The van der Waals surface area contributed by atoms with Crippen molar-refractivity contribution in [3.8, 4) is 0 Å². The van der Waals surface area contributed by atoms with E-state index in [9.17, 15) is 32.9 Å². The summed E-state index contributed by atoms with van der Waals surface area (Å²) in [5, 5.41) is 17.4. The predicted octanol–water partition coefficient (Wildman–Crippen LogP) is 3.93. The highest BCUT2D eigenvalue weighted by molar-refractivity contribution is 7.90. The summed E-state index contributed by atoms with van der Waals surface area (Å²) in [5.74, 6) is -1.97. The molecule has 0 aliphatic rings. The van der Waals surface area contributed by atoms with Crippen LogP contribution in [0.2, 0.25) is 0 Å². The summed E-state index contributed by atoms with van der Waals surface area (Å²) in [6.45, 7) is 14.5. The quantitative estimate of drug-likeness (QED) is 0.166. The fraction of sp³-hybridized carbons (Fsp3) is 0.485. The number of nitro groups is 1. The number of para-hydroxylation sites is 1. The van der Waals surface area contributed by atoms with E-state index in [1.807, 2.05) is 83.5 Å². The van der Waals surface area contributed by atoms with Crippen LogP contribution >= 0.6 is 0 Å². The van der Waals surface area contributed by atoms with Crippen LogP contribution in [0.4, 0.5) is 5.69 Å². The first-order valence-electron chi connectivity index (χ1n) is 15.0. The Labute approximate surface area is 272 Å². The van der Waals surface area contributed by atoms with Gasteiger partial charge in [-0.2, -0.15) is 0 Å². The number of benzene rings is 2. The van der Waals surface area contributed by atoms with Crippen molar-refractivity contribution in [1.82, 2.24) is 20.3 Å². The van der Waals surface area contributed by atoms with Crippen molar-refractivity contribution in [1.29, 1.82) is 0 Å². The molecule has 2 aromatic carbocycles. The third-order valence-electron chi connectivity index (χ3n) is 8.03. The fourth-order valence-electron chi connectivity index (χ4n) is 5.25. The van der Waals surface area contributed by atoms with Gasteiger partial charge in [-0.05, 0) is 36.9 Å². The SMILES string of the molecule is CN[C@H](C(=O)N[C@H](C(=O)N(C)[C@H](/C=C(\C)C(=O)NS(=O)(=O)c1ccccc1[N+](=O)[O-])C(C)C)C(C)(C)C)C(C)(C)c1ccccc1. The zero-order valence-corrected chi connectivity index (χ0v) is 29.1. The van der Waals surface area contributed by atoms with Crippen LogP contribution < -0.4 is 15.4 Å². The van der Waals surface area contributed by atoms with Crippen LogP contribution in [-0.2, 0) is 29.8 Å². The number of carbonyl (C=O) groups excluding carboxylic acids is 3. The zero-order valence-electron chi connectivity index (χ0n) is 28.2. The van der Waals surface area contributed by atoms with Gasteiger partial charge in [0.15, 0.2) is 4.90 Å². The zero-order chi connectivity index (χ0) is 35.2.